The molecule has 0 atom stereocenters. The second kappa shape index (κ2) is 14.1. The Morgan fingerprint density at radius 1 is 1.17 bits per heavy atom. The fourth-order valence-electron chi connectivity index (χ4n) is 4.19. The summed E-state index contributed by atoms with van der Waals surface area (Å²) in [7, 11) is 5.64. The zero-order valence-corrected chi connectivity index (χ0v) is 23.8. The van der Waals surface area contributed by atoms with E-state index in [0.29, 0.717) is 31.5 Å². The number of para-hydroxylation sites is 1. The molecule has 8 nitrogen and oxygen atoms in total. The van der Waals surface area contributed by atoms with Gasteiger partial charge in [0.2, 0.25) is 0 Å². The van der Waals surface area contributed by atoms with Crippen LogP contribution in [-0.2, 0) is 43.0 Å². The topological polar surface area (TPSA) is 104 Å². The summed E-state index contributed by atoms with van der Waals surface area (Å²) in [6.45, 7) is 15.8. The van der Waals surface area contributed by atoms with E-state index in [-0.39, 0.29) is 43.9 Å². The van der Waals surface area contributed by atoms with E-state index in [1.807, 2.05) is 18.2 Å². The minimum atomic E-state index is -0.387. The van der Waals surface area contributed by atoms with Gasteiger partial charge in [0.1, 0.15) is 5.82 Å². The van der Waals surface area contributed by atoms with Crippen molar-refractivity contribution in [3.05, 3.63) is 35.8 Å². The number of benzene rings is 1. The summed E-state index contributed by atoms with van der Waals surface area (Å²) in [6.07, 6.45) is 2.60. The molecule has 0 aliphatic heterocycles. The number of aromatic nitrogens is 3. The molecule has 0 spiro atoms. The Morgan fingerprint density at radius 2 is 1.81 bits per heavy atom. The van der Waals surface area contributed by atoms with Gasteiger partial charge in [-0.3, -0.25) is 9.69 Å². The first kappa shape index (κ1) is 32.0. The molecule has 0 amide bonds. The maximum Gasteiger partial charge on any atom is 0.290 e. The Kier molecular flexibility index (Phi) is 12.5. The predicted octanol–water partition coefficient (Wildman–Crippen LogP) is 5.75. The molecule has 0 saturated heterocycles. The van der Waals surface area contributed by atoms with Crippen LogP contribution in [0, 0.1) is 0 Å². The van der Waals surface area contributed by atoms with Crippen LogP contribution in [0.5, 0.6) is 0 Å². The molecule has 2 heterocycles. The number of nitrogens with zero attached hydrogens (tertiary/aromatic N) is 4. The van der Waals surface area contributed by atoms with E-state index in [0.717, 1.165) is 41.6 Å². The van der Waals surface area contributed by atoms with Crippen molar-refractivity contribution in [2.24, 2.45) is 0 Å². The van der Waals surface area contributed by atoms with E-state index < -0.39 is 0 Å². The second-order valence-electron chi connectivity index (χ2n) is 10.2. The molecule has 3 rings (SSSR count). The van der Waals surface area contributed by atoms with Gasteiger partial charge >= 0.3 is 0 Å². The molecule has 2 N–H and O–H groups in total. The Bertz CT molecular complexity index is 1110. The van der Waals surface area contributed by atoms with E-state index in [1.165, 1.54) is 0 Å². The fourth-order valence-corrected chi connectivity index (χ4v) is 4.19. The van der Waals surface area contributed by atoms with Crippen molar-refractivity contribution in [2.45, 2.75) is 84.9 Å². The zero-order chi connectivity index (χ0) is 26.2. The summed E-state index contributed by atoms with van der Waals surface area (Å²) < 4.78 is 8.53. The Labute approximate surface area is 230 Å². The first-order chi connectivity index (χ1) is 16.5. The monoisotopic (exact) mass is 586 g/mol. The van der Waals surface area contributed by atoms with Gasteiger partial charge in [-0.2, -0.15) is 0 Å². The van der Waals surface area contributed by atoms with Gasteiger partial charge < -0.3 is 25.1 Å². The van der Waals surface area contributed by atoms with Crippen LogP contribution in [0.4, 0.5) is 5.82 Å². The summed E-state index contributed by atoms with van der Waals surface area (Å²) in [5.74, 6) is 1.17. The van der Waals surface area contributed by atoms with Crippen LogP contribution in [0.25, 0.3) is 27.7 Å². The number of ether oxygens (including phenoxy) is 1. The second-order valence-corrected chi connectivity index (χ2v) is 10.2. The molecule has 0 bridgehead atoms. The zero-order valence-electron chi connectivity index (χ0n) is 22.3. The SMILES string of the molecule is O=CO.[B]CCCCOC(C)(C)Cn1c(CN(CC)C(C)(C)C)nc2c([NH-])nc3ccccc3c21.[Pd]. The van der Waals surface area contributed by atoms with Crippen molar-refractivity contribution in [3.8, 4) is 0 Å². The summed E-state index contributed by atoms with van der Waals surface area (Å²) in [6, 6.07) is 8.02. The number of carbonyl (C=O) groups is 1. The predicted molar refractivity (Wildman–Crippen MR) is 143 cm³/mol. The Morgan fingerprint density at radius 3 is 2.39 bits per heavy atom. The van der Waals surface area contributed by atoms with Crippen LogP contribution in [0.1, 0.15) is 60.2 Å². The maximum absolute atomic E-state index is 8.55. The molecule has 0 aliphatic rings. The fraction of sp³-hybridized carbons (Fsp3) is 0.577. The molecule has 200 valence electrons. The van der Waals surface area contributed by atoms with Gasteiger partial charge in [-0.05, 0) is 58.9 Å². The van der Waals surface area contributed by atoms with Crippen LogP contribution in [0.3, 0.4) is 0 Å². The third-order valence-corrected chi connectivity index (χ3v) is 5.96. The molecular weight excluding hydrogens is 548 g/mol. The molecular formula is C26H39BN5O3Pd-. The minimum absolute atomic E-state index is 0. The van der Waals surface area contributed by atoms with Crippen LogP contribution in [-0.4, -0.2) is 63.2 Å². The molecule has 1 aromatic carbocycles. The number of imidazole rings is 1. The molecule has 0 fully saturated rings. The van der Waals surface area contributed by atoms with Gasteiger partial charge in [0.25, 0.3) is 6.47 Å². The van der Waals surface area contributed by atoms with Gasteiger partial charge in [-0.1, -0.05) is 43.9 Å². The molecule has 0 saturated carbocycles. The third kappa shape index (κ3) is 8.27. The average molecular weight is 587 g/mol. The molecule has 10 heteroatoms. The van der Waals surface area contributed by atoms with E-state index in [2.05, 4.69) is 62.1 Å². The van der Waals surface area contributed by atoms with E-state index >= 15 is 0 Å². The Hall–Kier alpha value is -1.98. The maximum atomic E-state index is 8.55. The van der Waals surface area contributed by atoms with Gasteiger partial charge in [0.05, 0.1) is 37.6 Å². The number of pyridine rings is 1. The van der Waals surface area contributed by atoms with Crippen LogP contribution < -0.4 is 0 Å². The number of unbranched alkanes of at least 4 members (excludes halogenated alkanes) is 1. The van der Waals surface area contributed by atoms with Crippen molar-refractivity contribution in [1.29, 1.82) is 0 Å². The first-order valence-corrected chi connectivity index (χ1v) is 12.2. The number of rotatable bonds is 10. The smallest absolute Gasteiger partial charge is 0.290 e. The minimum Gasteiger partial charge on any atom is -0.483 e. The quantitative estimate of drug-likeness (QED) is 0.184. The van der Waals surface area contributed by atoms with Gasteiger partial charge in [0.15, 0.2) is 0 Å². The number of carboxylic acid groups (broad SMARTS) is 1. The summed E-state index contributed by atoms with van der Waals surface area (Å²) in [5.41, 5.74) is 10.6. The molecule has 0 unspecified atom stereocenters. The van der Waals surface area contributed by atoms with E-state index in [9.17, 15) is 0 Å². The van der Waals surface area contributed by atoms with Gasteiger partial charge in [0, 0.05) is 38.0 Å². The van der Waals surface area contributed by atoms with Crippen LogP contribution in [0.2, 0.25) is 6.32 Å². The first-order valence-electron chi connectivity index (χ1n) is 12.2. The normalized spacial score (nSPS) is 11.9. The third-order valence-electron chi connectivity index (χ3n) is 5.96. The van der Waals surface area contributed by atoms with Gasteiger partial charge in [-0.15, -0.1) is 0 Å². The molecule has 3 aromatic rings. The van der Waals surface area contributed by atoms with Crippen LogP contribution >= 0.6 is 0 Å². The number of nitrogens with one attached hydrogen (secondary N) is 1. The number of fused-ring (bicyclic) bond motifs is 3. The van der Waals surface area contributed by atoms with Gasteiger partial charge in [-0.25, -0.2) is 4.98 Å². The van der Waals surface area contributed by atoms with Crippen molar-refractivity contribution >= 4 is 42.1 Å². The number of hydrogen-bond donors (Lipinski definition) is 1. The molecule has 0 aliphatic carbocycles. The summed E-state index contributed by atoms with van der Waals surface area (Å²) >= 11 is 0. The largest absolute Gasteiger partial charge is 0.483 e. The average Bonchev–Trinajstić information content (AvgIpc) is 3.13. The Balaban J connectivity index is 0.00000154. The van der Waals surface area contributed by atoms with E-state index in [4.69, 9.17) is 33.2 Å². The van der Waals surface area contributed by atoms with Crippen LogP contribution in [0.15, 0.2) is 24.3 Å². The summed E-state index contributed by atoms with van der Waals surface area (Å²) in [5, 5.41) is 7.91. The van der Waals surface area contributed by atoms with Crippen molar-refractivity contribution in [2.75, 3.05) is 13.2 Å². The van der Waals surface area contributed by atoms with Crippen molar-refractivity contribution in [3.63, 3.8) is 0 Å². The van der Waals surface area contributed by atoms with Crippen molar-refractivity contribution in [1.82, 2.24) is 19.4 Å². The molecule has 2 radical (unpaired) electrons. The number of hydrogen-bond acceptors (Lipinski definition) is 5. The molecule has 36 heavy (non-hydrogen) atoms. The standard InChI is InChI=1S/C25H37BN5O.CH2O2.Pd/c1-7-30(24(2,3)4)16-20-29-21-22(18-12-8-9-13-19(18)28-23(21)27)31(20)17-25(5,6)32-15-11-10-14-26;2-1-3;/h8-9,12-13H,7,10-11,14-17H2,1-6H3,(H-,27,28);1H,(H,2,3);/q-1;;. The van der Waals surface area contributed by atoms with E-state index in [1.54, 1.807) is 0 Å². The van der Waals surface area contributed by atoms with Crippen molar-refractivity contribution < 1.29 is 35.1 Å². The summed E-state index contributed by atoms with van der Waals surface area (Å²) in [4.78, 5) is 20.2. The molecule has 2 aromatic heterocycles.